The third kappa shape index (κ3) is 1.65. The smallest absolute Gasteiger partial charge is 0.399 e. The zero-order valence-corrected chi connectivity index (χ0v) is 7.25. The molecule has 0 amide bonds. The highest BCUT2D eigenvalue weighted by Gasteiger charge is 2.03. The highest BCUT2D eigenvalue weighted by atomic mass is 35.5. The summed E-state index contributed by atoms with van der Waals surface area (Å²) in [5.41, 5.74) is 0.759. The van der Waals surface area contributed by atoms with E-state index in [0.717, 1.165) is 5.56 Å². The number of benzene rings is 1. The SMILES string of the molecule is O=c1occ(-c2ccc(Cl)cc2)o1. The third-order valence-electron chi connectivity index (χ3n) is 1.58. The maximum Gasteiger partial charge on any atom is 0.519 e. The number of rotatable bonds is 1. The van der Waals surface area contributed by atoms with E-state index in [2.05, 4.69) is 4.42 Å². The Kier molecular flexibility index (Phi) is 1.94. The van der Waals surface area contributed by atoms with Crippen LogP contribution in [0.2, 0.25) is 5.02 Å². The molecule has 0 spiro atoms. The van der Waals surface area contributed by atoms with Crippen LogP contribution in [0.15, 0.2) is 44.2 Å². The van der Waals surface area contributed by atoms with E-state index >= 15 is 0 Å². The molecule has 0 unspecified atom stereocenters. The number of hydrogen-bond donors (Lipinski definition) is 0. The second-order valence-electron chi connectivity index (χ2n) is 2.46. The highest BCUT2D eigenvalue weighted by molar-refractivity contribution is 6.30. The Labute approximate surface area is 78.6 Å². The number of halogens is 1. The van der Waals surface area contributed by atoms with Crippen molar-refractivity contribution >= 4 is 11.6 Å². The Morgan fingerprint density at radius 3 is 2.38 bits per heavy atom. The largest absolute Gasteiger partial charge is 0.519 e. The van der Waals surface area contributed by atoms with Gasteiger partial charge in [-0.05, 0) is 24.3 Å². The average molecular weight is 197 g/mol. The van der Waals surface area contributed by atoms with Gasteiger partial charge in [0.25, 0.3) is 0 Å². The summed E-state index contributed by atoms with van der Waals surface area (Å²) in [6.45, 7) is 0. The van der Waals surface area contributed by atoms with E-state index < -0.39 is 5.82 Å². The van der Waals surface area contributed by atoms with E-state index in [0.29, 0.717) is 10.8 Å². The summed E-state index contributed by atoms with van der Waals surface area (Å²) in [7, 11) is 0. The summed E-state index contributed by atoms with van der Waals surface area (Å²) in [6, 6.07) is 6.92. The van der Waals surface area contributed by atoms with Crippen LogP contribution in [0.5, 0.6) is 0 Å². The zero-order chi connectivity index (χ0) is 9.26. The predicted molar refractivity (Wildman–Crippen MR) is 47.7 cm³/mol. The fourth-order valence-electron chi connectivity index (χ4n) is 0.981. The van der Waals surface area contributed by atoms with E-state index in [-0.39, 0.29) is 0 Å². The van der Waals surface area contributed by atoms with Crippen molar-refractivity contribution in [1.29, 1.82) is 0 Å². The van der Waals surface area contributed by atoms with Crippen molar-refractivity contribution < 1.29 is 8.83 Å². The average Bonchev–Trinajstić information content (AvgIpc) is 2.53. The minimum absolute atomic E-state index is 0.404. The van der Waals surface area contributed by atoms with Gasteiger partial charge in [0, 0.05) is 10.6 Å². The first-order valence-corrected chi connectivity index (χ1v) is 3.98. The van der Waals surface area contributed by atoms with Crippen LogP contribution in [0.25, 0.3) is 11.3 Å². The summed E-state index contributed by atoms with van der Waals surface area (Å²) in [5, 5.41) is 0.634. The van der Waals surface area contributed by atoms with Crippen LogP contribution in [-0.2, 0) is 0 Å². The van der Waals surface area contributed by atoms with Gasteiger partial charge in [0.1, 0.15) is 6.26 Å². The van der Waals surface area contributed by atoms with Crippen LogP contribution >= 0.6 is 11.6 Å². The Hall–Kier alpha value is -1.48. The molecule has 1 aromatic heterocycles. The van der Waals surface area contributed by atoms with E-state index in [1.807, 2.05) is 0 Å². The lowest BCUT2D eigenvalue weighted by Gasteiger charge is -1.93. The summed E-state index contributed by atoms with van der Waals surface area (Å²) in [5.74, 6) is -0.299. The van der Waals surface area contributed by atoms with Crippen LogP contribution in [0, 0.1) is 0 Å². The van der Waals surface area contributed by atoms with Gasteiger partial charge in [0.15, 0.2) is 5.76 Å². The molecule has 1 heterocycles. The standard InChI is InChI=1S/C9H5ClO3/c10-7-3-1-6(2-4-7)8-5-12-9(11)13-8/h1-5H. The van der Waals surface area contributed by atoms with Gasteiger partial charge in [-0.15, -0.1) is 0 Å². The first kappa shape index (κ1) is 8.13. The van der Waals surface area contributed by atoms with Crippen molar-refractivity contribution in [1.82, 2.24) is 0 Å². The summed E-state index contributed by atoms with van der Waals surface area (Å²) >= 11 is 5.69. The van der Waals surface area contributed by atoms with Crippen molar-refractivity contribution in [3.05, 3.63) is 46.2 Å². The van der Waals surface area contributed by atoms with Crippen LogP contribution < -0.4 is 5.82 Å². The van der Waals surface area contributed by atoms with Crippen LogP contribution in [0.1, 0.15) is 0 Å². The molecule has 0 bridgehead atoms. The fourth-order valence-corrected chi connectivity index (χ4v) is 1.11. The lowest BCUT2D eigenvalue weighted by atomic mass is 10.2. The molecule has 1 aromatic carbocycles. The minimum Gasteiger partial charge on any atom is -0.399 e. The second kappa shape index (κ2) is 3.11. The molecule has 2 rings (SSSR count). The molecule has 0 N–H and O–H groups in total. The molecular weight excluding hydrogens is 192 g/mol. The molecule has 66 valence electrons. The van der Waals surface area contributed by atoms with Gasteiger partial charge in [-0.3, -0.25) is 0 Å². The molecule has 0 aliphatic carbocycles. The van der Waals surface area contributed by atoms with E-state index in [1.165, 1.54) is 6.26 Å². The van der Waals surface area contributed by atoms with Gasteiger partial charge in [-0.25, -0.2) is 4.79 Å². The van der Waals surface area contributed by atoms with E-state index in [4.69, 9.17) is 16.0 Å². The molecule has 0 radical (unpaired) electrons. The lowest BCUT2D eigenvalue weighted by Crippen LogP contribution is -1.85. The van der Waals surface area contributed by atoms with Crippen molar-refractivity contribution in [3.8, 4) is 11.3 Å². The van der Waals surface area contributed by atoms with E-state index in [1.54, 1.807) is 24.3 Å². The van der Waals surface area contributed by atoms with Gasteiger partial charge in [-0.1, -0.05) is 11.6 Å². The van der Waals surface area contributed by atoms with Gasteiger partial charge < -0.3 is 8.83 Å². The molecule has 0 atom stereocenters. The molecule has 2 aromatic rings. The van der Waals surface area contributed by atoms with Gasteiger partial charge in [-0.2, -0.15) is 0 Å². The van der Waals surface area contributed by atoms with Crippen LogP contribution in [-0.4, -0.2) is 0 Å². The second-order valence-corrected chi connectivity index (χ2v) is 2.90. The van der Waals surface area contributed by atoms with Crippen LogP contribution in [0.4, 0.5) is 0 Å². The monoisotopic (exact) mass is 196 g/mol. The molecular formula is C9H5ClO3. The lowest BCUT2D eigenvalue weighted by molar-refractivity contribution is 0.389. The molecule has 13 heavy (non-hydrogen) atoms. The molecule has 0 aliphatic heterocycles. The zero-order valence-electron chi connectivity index (χ0n) is 6.49. The highest BCUT2D eigenvalue weighted by Crippen LogP contribution is 2.19. The first-order valence-electron chi connectivity index (χ1n) is 3.60. The number of hydrogen-bond acceptors (Lipinski definition) is 3. The summed E-state index contributed by atoms with van der Waals surface area (Å²) in [4.78, 5) is 10.6. The Morgan fingerprint density at radius 1 is 1.15 bits per heavy atom. The minimum atomic E-state index is -0.704. The molecule has 4 heteroatoms. The Morgan fingerprint density at radius 2 is 1.85 bits per heavy atom. The van der Waals surface area contributed by atoms with Crippen LogP contribution in [0.3, 0.4) is 0 Å². The Bertz CT molecular complexity index is 452. The topological polar surface area (TPSA) is 43.4 Å². The van der Waals surface area contributed by atoms with Crippen molar-refractivity contribution in [2.75, 3.05) is 0 Å². The van der Waals surface area contributed by atoms with Crippen molar-refractivity contribution in [3.63, 3.8) is 0 Å². The normalized spacial score (nSPS) is 10.2. The first-order chi connectivity index (χ1) is 6.25. The quantitative estimate of drug-likeness (QED) is 0.704. The molecule has 0 aliphatic rings. The van der Waals surface area contributed by atoms with Gasteiger partial charge in [0.05, 0.1) is 0 Å². The van der Waals surface area contributed by atoms with Crippen molar-refractivity contribution in [2.45, 2.75) is 0 Å². The molecule has 0 saturated heterocycles. The molecule has 3 nitrogen and oxygen atoms in total. The third-order valence-corrected chi connectivity index (χ3v) is 1.84. The van der Waals surface area contributed by atoms with Gasteiger partial charge in [0.2, 0.25) is 0 Å². The maximum atomic E-state index is 10.6. The fraction of sp³-hybridized carbons (Fsp3) is 0. The molecule has 0 saturated carbocycles. The summed E-state index contributed by atoms with van der Waals surface area (Å²) in [6.07, 6.45) is 1.27. The summed E-state index contributed by atoms with van der Waals surface area (Å²) < 4.78 is 9.24. The predicted octanol–water partition coefficient (Wildman–Crippen LogP) is 2.55. The van der Waals surface area contributed by atoms with Crippen molar-refractivity contribution in [2.24, 2.45) is 0 Å². The van der Waals surface area contributed by atoms with E-state index in [9.17, 15) is 4.79 Å². The maximum absolute atomic E-state index is 10.6. The molecule has 0 fully saturated rings. The van der Waals surface area contributed by atoms with Gasteiger partial charge >= 0.3 is 5.82 Å². The Balaban J connectivity index is 2.47.